The Labute approximate surface area is 203 Å². The molecule has 2 atom stereocenters. The molecule has 182 valence electrons. The van der Waals surface area contributed by atoms with Gasteiger partial charge < -0.3 is 14.7 Å². The zero-order chi connectivity index (χ0) is 23.8. The molecule has 0 saturated heterocycles. The molecule has 2 aromatic rings. The van der Waals surface area contributed by atoms with Crippen molar-refractivity contribution in [2.45, 2.75) is 71.4 Å². The number of rotatable bonds is 12. The summed E-state index contributed by atoms with van der Waals surface area (Å²) in [5.41, 5.74) is 2.50. The van der Waals surface area contributed by atoms with Gasteiger partial charge in [0.1, 0.15) is 12.4 Å². The van der Waals surface area contributed by atoms with Crippen LogP contribution in [0.3, 0.4) is 0 Å². The van der Waals surface area contributed by atoms with Crippen molar-refractivity contribution < 1.29 is 14.6 Å². The van der Waals surface area contributed by atoms with E-state index in [1.54, 1.807) is 11.3 Å². The van der Waals surface area contributed by atoms with Gasteiger partial charge in [-0.25, -0.2) is 0 Å². The number of amides is 1. The molecule has 1 N–H and O–H groups in total. The third-order valence-corrected chi connectivity index (χ3v) is 7.36. The number of thiophene rings is 1. The Morgan fingerprint density at radius 1 is 1.21 bits per heavy atom. The summed E-state index contributed by atoms with van der Waals surface area (Å²) in [6.45, 7) is 11.4. The van der Waals surface area contributed by atoms with E-state index in [2.05, 4.69) is 56.2 Å². The van der Waals surface area contributed by atoms with Crippen molar-refractivity contribution in [3.63, 3.8) is 0 Å². The maximum atomic E-state index is 13.4. The molecule has 5 nitrogen and oxygen atoms in total. The molecule has 0 aliphatic carbocycles. The standard InChI is InChI=1S/C27H40N2O3S/c1-5-7-22(30)17-28(14-6-2)18-27(31)29-15-12-26-24(13-16-33-26)25(29)19-32-23-10-8-21(9-11-23)20(3)4/h8-11,13,16,20,22,25,30H,5-7,12,14-15,17-19H2,1-4H3/t22-,25-/m1/s1. The summed E-state index contributed by atoms with van der Waals surface area (Å²) in [6.07, 6.45) is 3.18. The molecule has 33 heavy (non-hydrogen) atoms. The number of fused-ring (bicyclic) bond motifs is 1. The van der Waals surface area contributed by atoms with Crippen LogP contribution in [0, 0.1) is 0 Å². The average Bonchev–Trinajstić information content (AvgIpc) is 3.27. The molecule has 6 heteroatoms. The molecular weight excluding hydrogens is 432 g/mol. The molecule has 1 aliphatic rings. The minimum atomic E-state index is -0.382. The summed E-state index contributed by atoms with van der Waals surface area (Å²) >= 11 is 1.77. The zero-order valence-corrected chi connectivity index (χ0v) is 21.4. The third kappa shape index (κ3) is 7.05. The maximum Gasteiger partial charge on any atom is 0.237 e. The van der Waals surface area contributed by atoms with Crippen LogP contribution in [0.2, 0.25) is 0 Å². The summed E-state index contributed by atoms with van der Waals surface area (Å²) in [5, 5.41) is 12.4. The zero-order valence-electron chi connectivity index (χ0n) is 20.6. The van der Waals surface area contributed by atoms with E-state index in [1.807, 2.05) is 17.0 Å². The van der Waals surface area contributed by atoms with Crippen LogP contribution in [0.5, 0.6) is 5.75 Å². The molecule has 0 spiro atoms. The van der Waals surface area contributed by atoms with Crippen LogP contribution in [0.15, 0.2) is 35.7 Å². The molecule has 0 bridgehead atoms. The van der Waals surface area contributed by atoms with E-state index in [1.165, 1.54) is 16.0 Å². The van der Waals surface area contributed by atoms with Gasteiger partial charge in [0.15, 0.2) is 0 Å². The lowest BCUT2D eigenvalue weighted by atomic mass is 10.00. The van der Waals surface area contributed by atoms with Gasteiger partial charge in [-0.15, -0.1) is 11.3 Å². The van der Waals surface area contributed by atoms with Crippen LogP contribution < -0.4 is 4.74 Å². The van der Waals surface area contributed by atoms with E-state index in [4.69, 9.17) is 4.74 Å². The first-order valence-corrected chi connectivity index (χ1v) is 13.3. The first-order chi connectivity index (χ1) is 15.9. The predicted molar refractivity (Wildman–Crippen MR) is 136 cm³/mol. The number of ether oxygens (including phenoxy) is 1. The van der Waals surface area contributed by atoms with Crippen molar-refractivity contribution in [1.82, 2.24) is 9.80 Å². The van der Waals surface area contributed by atoms with Crippen LogP contribution in [0.4, 0.5) is 0 Å². The molecule has 0 radical (unpaired) electrons. The van der Waals surface area contributed by atoms with Crippen molar-refractivity contribution >= 4 is 17.2 Å². The van der Waals surface area contributed by atoms with Crippen molar-refractivity contribution in [1.29, 1.82) is 0 Å². The molecule has 1 amide bonds. The molecule has 3 rings (SSSR count). The van der Waals surface area contributed by atoms with Crippen molar-refractivity contribution in [3.8, 4) is 5.75 Å². The van der Waals surface area contributed by atoms with Gasteiger partial charge >= 0.3 is 0 Å². The van der Waals surface area contributed by atoms with E-state index >= 15 is 0 Å². The SMILES string of the molecule is CCC[C@@H](O)CN(CCC)CC(=O)N1CCc2sccc2[C@H]1COc1ccc(C(C)C)cc1. The Balaban J connectivity index is 1.70. The Bertz CT molecular complexity index is 865. The van der Waals surface area contributed by atoms with E-state index in [0.29, 0.717) is 32.2 Å². The van der Waals surface area contributed by atoms with E-state index in [-0.39, 0.29) is 18.1 Å². The van der Waals surface area contributed by atoms with Crippen molar-refractivity contribution in [3.05, 3.63) is 51.7 Å². The molecule has 0 saturated carbocycles. The minimum absolute atomic E-state index is 0.0821. The van der Waals surface area contributed by atoms with Gasteiger partial charge in [-0.1, -0.05) is 46.2 Å². The van der Waals surface area contributed by atoms with Gasteiger partial charge in [0.05, 0.1) is 18.7 Å². The van der Waals surface area contributed by atoms with Gasteiger partial charge in [0, 0.05) is 18.0 Å². The van der Waals surface area contributed by atoms with Gasteiger partial charge in [0.25, 0.3) is 0 Å². The predicted octanol–water partition coefficient (Wildman–Crippen LogP) is 5.25. The van der Waals surface area contributed by atoms with Crippen LogP contribution in [0.1, 0.15) is 74.9 Å². The molecule has 1 aromatic heterocycles. The molecule has 1 aliphatic heterocycles. The lowest BCUT2D eigenvalue weighted by molar-refractivity contribution is -0.136. The Kier molecular flexibility index (Phi) is 9.78. The summed E-state index contributed by atoms with van der Waals surface area (Å²) in [5.74, 6) is 1.44. The molecule has 0 unspecified atom stereocenters. The highest BCUT2D eigenvalue weighted by molar-refractivity contribution is 7.10. The smallest absolute Gasteiger partial charge is 0.237 e. The highest BCUT2D eigenvalue weighted by Gasteiger charge is 2.33. The lowest BCUT2D eigenvalue weighted by Gasteiger charge is -2.37. The second-order valence-electron chi connectivity index (χ2n) is 9.36. The van der Waals surface area contributed by atoms with E-state index in [9.17, 15) is 9.90 Å². The fourth-order valence-electron chi connectivity index (χ4n) is 4.55. The highest BCUT2D eigenvalue weighted by atomic mass is 32.1. The summed E-state index contributed by atoms with van der Waals surface area (Å²) in [7, 11) is 0. The fraction of sp³-hybridized carbons (Fsp3) is 0.593. The first kappa shape index (κ1) is 25.7. The Morgan fingerprint density at radius 3 is 2.64 bits per heavy atom. The van der Waals surface area contributed by atoms with Crippen LogP contribution in [-0.2, 0) is 11.2 Å². The lowest BCUT2D eigenvalue weighted by Crippen LogP contribution is -2.47. The molecular formula is C27H40N2O3S. The first-order valence-electron chi connectivity index (χ1n) is 12.4. The Hall–Kier alpha value is -1.89. The summed E-state index contributed by atoms with van der Waals surface area (Å²) < 4.78 is 6.19. The van der Waals surface area contributed by atoms with Crippen LogP contribution in [-0.4, -0.2) is 59.7 Å². The number of hydrogen-bond acceptors (Lipinski definition) is 5. The minimum Gasteiger partial charge on any atom is -0.491 e. The fourth-order valence-corrected chi connectivity index (χ4v) is 5.48. The largest absolute Gasteiger partial charge is 0.491 e. The van der Waals surface area contributed by atoms with Crippen molar-refractivity contribution in [2.75, 3.05) is 32.8 Å². The second kappa shape index (κ2) is 12.5. The topological polar surface area (TPSA) is 53.0 Å². The number of hydrogen-bond donors (Lipinski definition) is 1. The van der Waals surface area contributed by atoms with E-state index in [0.717, 1.165) is 38.0 Å². The van der Waals surface area contributed by atoms with Gasteiger partial charge in [-0.3, -0.25) is 9.69 Å². The number of carbonyl (C=O) groups excluding carboxylic acids is 1. The van der Waals surface area contributed by atoms with Gasteiger partial charge in [-0.2, -0.15) is 0 Å². The number of aliphatic hydroxyl groups excluding tert-OH is 1. The van der Waals surface area contributed by atoms with Crippen LogP contribution in [0.25, 0.3) is 0 Å². The number of benzene rings is 1. The molecule has 0 fully saturated rings. The van der Waals surface area contributed by atoms with Crippen molar-refractivity contribution in [2.24, 2.45) is 0 Å². The third-order valence-electron chi connectivity index (χ3n) is 6.36. The number of nitrogens with zero attached hydrogens (tertiary/aromatic N) is 2. The van der Waals surface area contributed by atoms with Gasteiger partial charge in [-0.05, 0) is 66.4 Å². The second-order valence-corrected chi connectivity index (χ2v) is 10.4. The average molecular weight is 473 g/mol. The van der Waals surface area contributed by atoms with Gasteiger partial charge in [0.2, 0.25) is 5.91 Å². The van der Waals surface area contributed by atoms with Crippen LogP contribution >= 0.6 is 11.3 Å². The maximum absolute atomic E-state index is 13.4. The Morgan fingerprint density at radius 2 is 1.97 bits per heavy atom. The number of aliphatic hydroxyl groups is 1. The van der Waals surface area contributed by atoms with E-state index < -0.39 is 0 Å². The number of carbonyl (C=O) groups is 1. The quantitative estimate of drug-likeness (QED) is 0.458. The monoisotopic (exact) mass is 472 g/mol. The molecule has 1 aromatic carbocycles. The summed E-state index contributed by atoms with van der Waals surface area (Å²) in [6, 6.07) is 10.3. The molecule has 2 heterocycles. The normalized spacial score (nSPS) is 16.8. The highest BCUT2D eigenvalue weighted by Crippen LogP contribution is 2.34. The summed E-state index contributed by atoms with van der Waals surface area (Å²) in [4.78, 5) is 18.9.